The minimum Gasteiger partial charge on any atom is -0.384 e. The first kappa shape index (κ1) is 24.1. The fourth-order valence-corrected chi connectivity index (χ4v) is 4.05. The number of nitrogens with one attached hydrogen (secondary N) is 1. The predicted molar refractivity (Wildman–Crippen MR) is 130 cm³/mol. The van der Waals surface area contributed by atoms with Crippen molar-refractivity contribution in [1.29, 1.82) is 0 Å². The minimum atomic E-state index is -0.712. The highest BCUT2D eigenvalue weighted by molar-refractivity contribution is 7.99. The molecule has 2 heterocycles. The number of aromatic nitrogens is 4. The van der Waals surface area contributed by atoms with E-state index < -0.39 is 11.2 Å². The van der Waals surface area contributed by atoms with Crippen molar-refractivity contribution in [2.75, 3.05) is 22.1 Å². The van der Waals surface area contributed by atoms with E-state index in [1.807, 2.05) is 37.3 Å². The summed E-state index contributed by atoms with van der Waals surface area (Å²) in [7, 11) is 0. The van der Waals surface area contributed by atoms with Gasteiger partial charge in [0.2, 0.25) is 5.91 Å². The van der Waals surface area contributed by atoms with Crippen LogP contribution in [-0.4, -0.2) is 31.2 Å². The van der Waals surface area contributed by atoms with Gasteiger partial charge in [0.1, 0.15) is 11.6 Å². The molecule has 11 heteroatoms. The second-order valence-corrected chi connectivity index (χ2v) is 8.41. The van der Waals surface area contributed by atoms with Crippen molar-refractivity contribution in [3.63, 3.8) is 0 Å². The lowest BCUT2D eigenvalue weighted by Gasteiger charge is -2.24. The van der Waals surface area contributed by atoms with Gasteiger partial charge < -0.3 is 11.5 Å². The zero-order valence-electron chi connectivity index (χ0n) is 18.6. The summed E-state index contributed by atoms with van der Waals surface area (Å²) in [6.07, 6.45) is 1.54. The highest BCUT2D eigenvalue weighted by Crippen LogP contribution is 2.23. The SMILES string of the molecule is CCCCn1c(N)c(N(Cc2ccccc2)C(=O)CSc2nc(C)cc(N)n2)c(=O)[nH]c1=O. The number of amides is 1. The summed E-state index contributed by atoms with van der Waals surface area (Å²) in [5.74, 6) is -0.168. The van der Waals surface area contributed by atoms with Gasteiger partial charge in [0.25, 0.3) is 5.56 Å². The van der Waals surface area contributed by atoms with Crippen LogP contribution < -0.4 is 27.6 Å². The quantitative estimate of drug-likeness (QED) is 0.317. The van der Waals surface area contributed by atoms with Gasteiger partial charge in [0, 0.05) is 18.3 Å². The zero-order valence-corrected chi connectivity index (χ0v) is 19.4. The van der Waals surface area contributed by atoms with E-state index in [0.717, 1.165) is 23.7 Å². The van der Waals surface area contributed by atoms with Crippen LogP contribution >= 0.6 is 11.8 Å². The van der Waals surface area contributed by atoms with Gasteiger partial charge >= 0.3 is 5.69 Å². The standard InChI is InChI=1S/C22H27N7O3S/c1-3-4-10-28-19(24)18(20(31)27-22(28)32)29(12-15-8-6-5-7-9-15)17(30)13-33-21-25-14(2)11-16(23)26-21/h5-9,11H,3-4,10,12-13,24H2,1-2H3,(H2,23,25,26)(H,27,31,32). The van der Waals surface area contributed by atoms with Crippen LogP contribution in [0.1, 0.15) is 31.0 Å². The maximum Gasteiger partial charge on any atom is 0.330 e. The van der Waals surface area contributed by atoms with Gasteiger partial charge in [-0.1, -0.05) is 55.4 Å². The van der Waals surface area contributed by atoms with Crippen LogP contribution in [0.5, 0.6) is 0 Å². The number of nitrogens with two attached hydrogens (primary N) is 2. The number of unbranched alkanes of at least 4 members (excludes halogenated alkanes) is 1. The number of anilines is 3. The van der Waals surface area contributed by atoms with Crippen LogP contribution in [0, 0.1) is 6.92 Å². The van der Waals surface area contributed by atoms with E-state index in [4.69, 9.17) is 11.5 Å². The summed E-state index contributed by atoms with van der Waals surface area (Å²) in [5, 5.41) is 0.357. The van der Waals surface area contributed by atoms with Crippen molar-refractivity contribution in [2.45, 2.75) is 44.9 Å². The number of hydrogen-bond donors (Lipinski definition) is 3. The third kappa shape index (κ3) is 6.01. The summed E-state index contributed by atoms with van der Waals surface area (Å²) >= 11 is 1.11. The van der Waals surface area contributed by atoms with Gasteiger partial charge in [-0.15, -0.1) is 0 Å². The third-order valence-corrected chi connectivity index (χ3v) is 5.71. The number of carbonyl (C=O) groups excluding carboxylic acids is 1. The molecule has 33 heavy (non-hydrogen) atoms. The Bertz CT molecular complexity index is 1220. The average molecular weight is 470 g/mol. The van der Waals surface area contributed by atoms with E-state index in [2.05, 4.69) is 15.0 Å². The fraction of sp³-hybridized carbons (Fsp3) is 0.318. The lowest BCUT2D eigenvalue weighted by Crippen LogP contribution is -2.41. The molecular formula is C22H27N7O3S. The number of benzene rings is 1. The Morgan fingerprint density at radius 1 is 1.18 bits per heavy atom. The summed E-state index contributed by atoms with van der Waals surface area (Å²) in [5.41, 5.74) is 12.2. The number of H-pyrrole nitrogens is 1. The van der Waals surface area contributed by atoms with Gasteiger partial charge in [0.15, 0.2) is 10.8 Å². The van der Waals surface area contributed by atoms with Crippen LogP contribution in [0.3, 0.4) is 0 Å². The molecule has 174 valence electrons. The number of nitrogen functional groups attached to an aromatic ring is 2. The Morgan fingerprint density at radius 2 is 1.91 bits per heavy atom. The minimum absolute atomic E-state index is 0.0393. The number of nitrogens with zero attached hydrogens (tertiary/aromatic N) is 4. The smallest absolute Gasteiger partial charge is 0.330 e. The van der Waals surface area contributed by atoms with Crippen LogP contribution in [0.4, 0.5) is 17.3 Å². The van der Waals surface area contributed by atoms with Crippen molar-refractivity contribution in [2.24, 2.45) is 0 Å². The van der Waals surface area contributed by atoms with E-state index in [0.29, 0.717) is 29.6 Å². The van der Waals surface area contributed by atoms with Gasteiger partial charge in [-0.25, -0.2) is 14.8 Å². The normalized spacial score (nSPS) is 10.8. The molecule has 0 aliphatic rings. The molecule has 0 saturated carbocycles. The molecule has 0 bridgehead atoms. The zero-order chi connectivity index (χ0) is 24.0. The molecule has 0 radical (unpaired) electrons. The maximum absolute atomic E-state index is 13.3. The maximum atomic E-state index is 13.3. The Balaban J connectivity index is 1.98. The molecule has 0 aliphatic carbocycles. The number of aromatic amines is 1. The summed E-state index contributed by atoms with van der Waals surface area (Å²) in [6.45, 7) is 4.21. The first-order chi connectivity index (χ1) is 15.8. The monoisotopic (exact) mass is 469 g/mol. The molecule has 2 aromatic heterocycles. The molecule has 0 unspecified atom stereocenters. The van der Waals surface area contributed by atoms with E-state index in [-0.39, 0.29) is 29.7 Å². The number of hydrogen-bond acceptors (Lipinski definition) is 8. The largest absolute Gasteiger partial charge is 0.384 e. The van der Waals surface area contributed by atoms with Gasteiger partial charge in [-0.2, -0.15) is 0 Å². The molecule has 1 amide bonds. The molecular weight excluding hydrogens is 442 g/mol. The van der Waals surface area contributed by atoms with Crippen LogP contribution in [0.2, 0.25) is 0 Å². The van der Waals surface area contributed by atoms with E-state index >= 15 is 0 Å². The van der Waals surface area contributed by atoms with Crippen LogP contribution in [0.25, 0.3) is 0 Å². The highest BCUT2D eigenvalue weighted by atomic mass is 32.2. The first-order valence-corrected chi connectivity index (χ1v) is 11.5. The molecule has 3 rings (SSSR count). The molecule has 1 aromatic carbocycles. The summed E-state index contributed by atoms with van der Waals surface area (Å²) < 4.78 is 1.29. The van der Waals surface area contributed by atoms with E-state index in [1.165, 1.54) is 9.47 Å². The average Bonchev–Trinajstić information content (AvgIpc) is 2.76. The Kier molecular flexibility index (Phi) is 7.88. The molecule has 0 atom stereocenters. The molecule has 0 spiro atoms. The van der Waals surface area contributed by atoms with Gasteiger partial charge in [0.05, 0.1) is 12.3 Å². The molecule has 0 saturated heterocycles. The van der Waals surface area contributed by atoms with Crippen molar-refractivity contribution in [3.05, 3.63) is 68.5 Å². The second-order valence-electron chi connectivity index (χ2n) is 7.47. The Hall–Kier alpha value is -3.60. The van der Waals surface area contributed by atoms with E-state index in [1.54, 1.807) is 13.0 Å². The molecule has 0 aliphatic heterocycles. The molecule has 3 aromatic rings. The molecule has 5 N–H and O–H groups in total. The summed E-state index contributed by atoms with van der Waals surface area (Å²) in [4.78, 5) is 50.5. The number of carbonyl (C=O) groups is 1. The van der Waals surface area contributed by atoms with Crippen LogP contribution in [-0.2, 0) is 17.9 Å². The van der Waals surface area contributed by atoms with Gasteiger partial charge in [-0.3, -0.25) is 24.0 Å². The molecule has 0 fully saturated rings. The van der Waals surface area contributed by atoms with Crippen molar-refractivity contribution in [3.8, 4) is 0 Å². The van der Waals surface area contributed by atoms with Crippen molar-refractivity contribution >= 4 is 35.0 Å². The fourth-order valence-electron chi connectivity index (χ4n) is 3.27. The lowest BCUT2D eigenvalue weighted by molar-refractivity contribution is -0.116. The molecule has 10 nitrogen and oxygen atoms in total. The predicted octanol–water partition coefficient (Wildman–Crippen LogP) is 1.93. The summed E-state index contributed by atoms with van der Waals surface area (Å²) in [6, 6.07) is 10.9. The number of rotatable bonds is 9. The van der Waals surface area contributed by atoms with Gasteiger partial charge in [-0.05, 0) is 18.9 Å². The Morgan fingerprint density at radius 3 is 2.58 bits per heavy atom. The highest BCUT2D eigenvalue weighted by Gasteiger charge is 2.25. The number of aryl methyl sites for hydroxylation is 1. The second kappa shape index (κ2) is 10.8. The van der Waals surface area contributed by atoms with E-state index in [9.17, 15) is 14.4 Å². The first-order valence-electron chi connectivity index (χ1n) is 10.5. The number of thioether (sulfide) groups is 1. The topological polar surface area (TPSA) is 153 Å². The van der Waals surface area contributed by atoms with Crippen LogP contribution in [0.15, 0.2) is 51.1 Å². The Labute approximate surface area is 195 Å². The van der Waals surface area contributed by atoms with Crippen molar-refractivity contribution < 1.29 is 4.79 Å². The van der Waals surface area contributed by atoms with Crippen molar-refractivity contribution in [1.82, 2.24) is 19.5 Å². The lowest BCUT2D eigenvalue weighted by atomic mass is 10.2. The third-order valence-electron chi connectivity index (χ3n) is 4.88.